The molecule has 0 atom stereocenters. The third kappa shape index (κ3) is 3.80. The van der Waals surface area contributed by atoms with Gasteiger partial charge in [0.1, 0.15) is 0 Å². The van der Waals surface area contributed by atoms with Crippen molar-refractivity contribution in [3.63, 3.8) is 0 Å². The third-order valence-corrected chi connectivity index (χ3v) is 3.38. The molecule has 3 N–H and O–H groups in total. The van der Waals surface area contributed by atoms with Crippen LogP contribution >= 0.6 is 0 Å². The average molecular weight is 212 g/mol. The molecule has 1 aliphatic rings. The van der Waals surface area contributed by atoms with Crippen LogP contribution in [0.15, 0.2) is 0 Å². The second kappa shape index (κ2) is 4.94. The highest BCUT2D eigenvalue weighted by molar-refractivity contribution is 5.82. The standard InChI is InChI=1S/C11H24N4/c1-11(2,10(12)13)4-5-15-8-6-14(3)7-9-15/h4-9H2,1-3H3,(H3,12,13). The van der Waals surface area contributed by atoms with Crippen LogP contribution in [-0.2, 0) is 0 Å². The van der Waals surface area contributed by atoms with Crippen molar-refractivity contribution < 1.29 is 0 Å². The van der Waals surface area contributed by atoms with Gasteiger partial charge in [0.25, 0.3) is 0 Å². The van der Waals surface area contributed by atoms with E-state index < -0.39 is 0 Å². The van der Waals surface area contributed by atoms with Gasteiger partial charge in [0.2, 0.25) is 0 Å². The van der Waals surface area contributed by atoms with Gasteiger partial charge in [0.15, 0.2) is 0 Å². The third-order valence-electron chi connectivity index (χ3n) is 3.38. The summed E-state index contributed by atoms with van der Waals surface area (Å²) in [6.07, 6.45) is 0.978. The van der Waals surface area contributed by atoms with Crippen molar-refractivity contribution in [1.82, 2.24) is 9.80 Å². The minimum atomic E-state index is -0.149. The van der Waals surface area contributed by atoms with Crippen LogP contribution in [0.25, 0.3) is 0 Å². The Morgan fingerprint density at radius 3 is 2.27 bits per heavy atom. The van der Waals surface area contributed by atoms with Crippen molar-refractivity contribution in [2.45, 2.75) is 20.3 Å². The average Bonchev–Trinajstić information content (AvgIpc) is 2.17. The molecule has 88 valence electrons. The van der Waals surface area contributed by atoms with E-state index in [-0.39, 0.29) is 5.41 Å². The van der Waals surface area contributed by atoms with Gasteiger partial charge in [-0.25, -0.2) is 0 Å². The number of nitrogens with one attached hydrogen (secondary N) is 1. The van der Waals surface area contributed by atoms with Gasteiger partial charge in [0, 0.05) is 31.6 Å². The molecule has 1 heterocycles. The first-order chi connectivity index (χ1) is 6.92. The predicted molar refractivity (Wildman–Crippen MR) is 64.2 cm³/mol. The first kappa shape index (κ1) is 12.5. The Bertz CT molecular complexity index is 217. The number of nitrogens with zero attached hydrogens (tertiary/aromatic N) is 2. The highest BCUT2D eigenvalue weighted by Gasteiger charge is 2.23. The number of nitrogens with two attached hydrogens (primary N) is 1. The summed E-state index contributed by atoms with van der Waals surface area (Å²) in [6, 6.07) is 0. The van der Waals surface area contributed by atoms with Crippen molar-refractivity contribution in [2.75, 3.05) is 39.8 Å². The molecule has 1 rings (SSSR count). The van der Waals surface area contributed by atoms with E-state index in [1.54, 1.807) is 0 Å². The van der Waals surface area contributed by atoms with Gasteiger partial charge in [-0.15, -0.1) is 0 Å². The molecule has 0 aromatic rings. The molecule has 1 fully saturated rings. The maximum absolute atomic E-state index is 7.50. The van der Waals surface area contributed by atoms with Gasteiger partial charge >= 0.3 is 0 Å². The minimum absolute atomic E-state index is 0.149. The topological polar surface area (TPSA) is 56.4 Å². The number of amidine groups is 1. The van der Waals surface area contributed by atoms with E-state index in [0.717, 1.165) is 39.1 Å². The Balaban J connectivity index is 2.28. The second-order valence-corrected chi connectivity index (χ2v) is 5.19. The highest BCUT2D eigenvalue weighted by Crippen LogP contribution is 2.20. The van der Waals surface area contributed by atoms with Gasteiger partial charge in [-0.05, 0) is 20.0 Å². The zero-order chi connectivity index (χ0) is 11.5. The van der Waals surface area contributed by atoms with Gasteiger partial charge in [0.05, 0.1) is 5.84 Å². The van der Waals surface area contributed by atoms with Crippen LogP contribution in [0.1, 0.15) is 20.3 Å². The number of rotatable bonds is 4. The summed E-state index contributed by atoms with van der Waals surface area (Å²) in [5.41, 5.74) is 5.41. The monoisotopic (exact) mass is 212 g/mol. The SMILES string of the molecule is CN1CCN(CCC(C)(C)C(=N)N)CC1. The predicted octanol–water partition coefficient (Wildman–Crippen LogP) is 0.586. The van der Waals surface area contributed by atoms with E-state index in [4.69, 9.17) is 11.1 Å². The van der Waals surface area contributed by atoms with Crippen LogP contribution in [0, 0.1) is 10.8 Å². The van der Waals surface area contributed by atoms with Crippen molar-refractivity contribution in [2.24, 2.45) is 11.1 Å². The lowest BCUT2D eigenvalue weighted by atomic mass is 9.88. The Hall–Kier alpha value is -0.610. The molecule has 1 saturated heterocycles. The molecule has 4 nitrogen and oxygen atoms in total. The fourth-order valence-electron chi connectivity index (χ4n) is 1.64. The normalized spacial score (nSPS) is 20.5. The fourth-order valence-corrected chi connectivity index (χ4v) is 1.64. The lowest BCUT2D eigenvalue weighted by molar-refractivity contribution is 0.144. The largest absolute Gasteiger partial charge is 0.387 e. The molecule has 0 aliphatic carbocycles. The van der Waals surface area contributed by atoms with Crippen LogP contribution in [0.2, 0.25) is 0 Å². The lowest BCUT2D eigenvalue weighted by Gasteiger charge is -2.34. The highest BCUT2D eigenvalue weighted by atomic mass is 15.2. The van der Waals surface area contributed by atoms with Crippen LogP contribution in [-0.4, -0.2) is 55.4 Å². The van der Waals surface area contributed by atoms with Crippen LogP contribution in [0.5, 0.6) is 0 Å². The Morgan fingerprint density at radius 2 is 1.80 bits per heavy atom. The summed E-state index contributed by atoms with van der Waals surface area (Å²) in [7, 11) is 2.16. The molecule has 0 aromatic heterocycles. The van der Waals surface area contributed by atoms with Gasteiger partial charge in [-0.1, -0.05) is 13.8 Å². The quantitative estimate of drug-likeness (QED) is 0.529. The molecular formula is C11H24N4. The van der Waals surface area contributed by atoms with E-state index >= 15 is 0 Å². The number of hydrogen-bond donors (Lipinski definition) is 2. The zero-order valence-corrected chi connectivity index (χ0v) is 10.2. The van der Waals surface area contributed by atoms with E-state index in [2.05, 4.69) is 16.8 Å². The molecule has 0 unspecified atom stereocenters. The van der Waals surface area contributed by atoms with Gasteiger partial charge in [-0.2, -0.15) is 0 Å². The lowest BCUT2D eigenvalue weighted by Crippen LogP contribution is -2.46. The van der Waals surface area contributed by atoms with Crippen LogP contribution in [0.4, 0.5) is 0 Å². The Labute approximate surface area is 92.9 Å². The Kier molecular flexibility index (Phi) is 4.11. The van der Waals surface area contributed by atoms with Gasteiger partial charge in [-0.3, -0.25) is 5.41 Å². The van der Waals surface area contributed by atoms with Crippen LogP contribution < -0.4 is 5.73 Å². The van der Waals surface area contributed by atoms with Crippen LogP contribution in [0.3, 0.4) is 0 Å². The zero-order valence-electron chi connectivity index (χ0n) is 10.2. The van der Waals surface area contributed by atoms with Crippen molar-refractivity contribution in [3.05, 3.63) is 0 Å². The molecule has 0 amide bonds. The fraction of sp³-hybridized carbons (Fsp3) is 0.909. The van der Waals surface area contributed by atoms with E-state index in [1.165, 1.54) is 0 Å². The minimum Gasteiger partial charge on any atom is -0.387 e. The summed E-state index contributed by atoms with van der Waals surface area (Å²) in [5.74, 6) is 0.302. The van der Waals surface area contributed by atoms with E-state index in [1.807, 2.05) is 13.8 Å². The molecule has 0 bridgehead atoms. The van der Waals surface area contributed by atoms with Crippen molar-refractivity contribution in [1.29, 1.82) is 5.41 Å². The summed E-state index contributed by atoms with van der Waals surface area (Å²) in [6.45, 7) is 9.74. The summed E-state index contributed by atoms with van der Waals surface area (Å²) >= 11 is 0. The maximum atomic E-state index is 7.50. The van der Waals surface area contributed by atoms with E-state index in [9.17, 15) is 0 Å². The number of piperazine rings is 1. The molecular weight excluding hydrogens is 188 g/mol. The first-order valence-corrected chi connectivity index (χ1v) is 5.67. The molecule has 0 spiro atoms. The summed E-state index contributed by atoms with van der Waals surface area (Å²) < 4.78 is 0. The molecule has 0 radical (unpaired) electrons. The molecule has 0 saturated carbocycles. The second-order valence-electron chi connectivity index (χ2n) is 5.19. The Morgan fingerprint density at radius 1 is 1.27 bits per heavy atom. The maximum Gasteiger partial charge on any atom is 0.0963 e. The molecule has 15 heavy (non-hydrogen) atoms. The first-order valence-electron chi connectivity index (χ1n) is 5.67. The van der Waals surface area contributed by atoms with Crippen molar-refractivity contribution in [3.8, 4) is 0 Å². The smallest absolute Gasteiger partial charge is 0.0963 e. The molecule has 1 aliphatic heterocycles. The summed E-state index contributed by atoms with van der Waals surface area (Å²) in [5, 5.41) is 7.50. The number of likely N-dealkylation sites (N-methyl/N-ethyl adjacent to an activating group) is 1. The summed E-state index contributed by atoms with van der Waals surface area (Å²) in [4.78, 5) is 4.82. The van der Waals surface area contributed by atoms with Gasteiger partial charge < -0.3 is 15.5 Å². The van der Waals surface area contributed by atoms with Crippen molar-refractivity contribution >= 4 is 5.84 Å². The molecule has 4 heteroatoms. The molecule has 0 aromatic carbocycles. The number of hydrogen-bond acceptors (Lipinski definition) is 3. The van der Waals surface area contributed by atoms with E-state index in [0.29, 0.717) is 5.84 Å².